The third kappa shape index (κ3) is 2.59. The number of hydrogen-bond acceptors (Lipinski definition) is 3. The molecule has 0 bridgehead atoms. The van der Waals surface area contributed by atoms with Crippen molar-refractivity contribution in [2.45, 2.75) is 52.1 Å². The summed E-state index contributed by atoms with van der Waals surface area (Å²) in [5.41, 5.74) is 0. The second-order valence-corrected chi connectivity index (χ2v) is 9.96. The Bertz CT molecular complexity index is 283. The molecule has 4 nitrogen and oxygen atoms in total. The summed E-state index contributed by atoms with van der Waals surface area (Å²) < 4.78 is 6.85. The summed E-state index contributed by atoms with van der Waals surface area (Å²) in [5, 5.41) is 0. The van der Waals surface area contributed by atoms with Gasteiger partial charge in [-0.25, -0.2) is 4.79 Å². The third-order valence-electron chi connectivity index (χ3n) is 2.29. The summed E-state index contributed by atoms with van der Waals surface area (Å²) in [5.74, 6) is -0.174. The molecule has 1 aliphatic rings. The van der Waals surface area contributed by atoms with Crippen LogP contribution in [0.25, 0.3) is 0 Å². The maximum absolute atomic E-state index is 11.6. The molecule has 0 aromatic heterocycles. The highest BCUT2D eigenvalue weighted by Crippen LogP contribution is 2.27. The summed E-state index contributed by atoms with van der Waals surface area (Å²) >= 11 is 0. The van der Waals surface area contributed by atoms with Crippen LogP contribution in [-0.4, -0.2) is 36.8 Å². The van der Waals surface area contributed by atoms with Crippen molar-refractivity contribution in [2.75, 3.05) is 0 Å². The molecular weight excluding hydrogens is 210 g/mol. The van der Waals surface area contributed by atoms with Gasteiger partial charge >= 0.3 is 5.97 Å². The molecule has 1 aliphatic heterocycles. The van der Waals surface area contributed by atoms with E-state index in [9.17, 15) is 9.59 Å². The Balaban J connectivity index is 2.66. The average molecular weight is 229 g/mol. The molecule has 0 aromatic rings. The molecule has 1 saturated heterocycles. The highest BCUT2D eigenvalue weighted by Gasteiger charge is 2.48. The quantitative estimate of drug-likeness (QED) is 0.417. The summed E-state index contributed by atoms with van der Waals surface area (Å²) in [7, 11) is -1.73. The highest BCUT2D eigenvalue weighted by molar-refractivity contribution is 6.76. The lowest BCUT2D eigenvalue weighted by molar-refractivity contribution is -0.163. The van der Waals surface area contributed by atoms with Gasteiger partial charge in [-0.1, -0.05) is 19.6 Å². The maximum atomic E-state index is 11.6. The molecule has 0 spiro atoms. The predicted molar refractivity (Wildman–Crippen MR) is 59.8 cm³/mol. The fraction of sp³-hybridized carbons (Fsp3) is 0.800. The normalized spacial score (nSPS) is 21.6. The van der Waals surface area contributed by atoms with Crippen molar-refractivity contribution < 1.29 is 14.3 Å². The molecule has 1 fully saturated rings. The molecule has 5 heteroatoms. The Hall–Kier alpha value is -0.843. The fourth-order valence-electron chi connectivity index (χ4n) is 1.76. The smallest absolute Gasteiger partial charge is 0.328 e. The van der Waals surface area contributed by atoms with Crippen LogP contribution in [0.2, 0.25) is 19.6 Å². The van der Waals surface area contributed by atoms with Gasteiger partial charge in [0.25, 0.3) is 0 Å². The lowest BCUT2D eigenvalue weighted by Crippen LogP contribution is -2.66. The second kappa shape index (κ2) is 3.96. The van der Waals surface area contributed by atoms with E-state index in [-0.39, 0.29) is 24.0 Å². The molecule has 1 rings (SSSR count). The average Bonchev–Trinajstić information content (AvgIpc) is 1.94. The number of amides is 1. The van der Waals surface area contributed by atoms with Crippen LogP contribution in [0.3, 0.4) is 0 Å². The zero-order valence-corrected chi connectivity index (χ0v) is 11.0. The molecule has 0 radical (unpaired) electrons. The molecule has 0 aliphatic carbocycles. The Morgan fingerprint density at radius 2 is 2.00 bits per heavy atom. The summed E-state index contributed by atoms with van der Waals surface area (Å²) in [6.07, 6.45) is 0.201. The Morgan fingerprint density at radius 3 is 2.33 bits per heavy atom. The summed E-state index contributed by atoms with van der Waals surface area (Å²) in [6, 6.07) is -0.327. The van der Waals surface area contributed by atoms with E-state index in [1.807, 2.05) is 13.8 Å². The number of esters is 1. The van der Waals surface area contributed by atoms with Crippen molar-refractivity contribution in [1.29, 1.82) is 0 Å². The first-order chi connectivity index (χ1) is 6.73. The first kappa shape index (κ1) is 12.2. The van der Waals surface area contributed by atoms with Crippen LogP contribution in [0.1, 0.15) is 20.3 Å². The molecule has 1 amide bonds. The Kier molecular flexibility index (Phi) is 3.23. The van der Waals surface area contributed by atoms with Gasteiger partial charge < -0.3 is 9.30 Å². The van der Waals surface area contributed by atoms with Crippen molar-refractivity contribution in [1.82, 2.24) is 4.57 Å². The number of hydrogen-bond donors (Lipinski definition) is 0. The van der Waals surface area contributed by atoms with E-state index in [1.54, 1.807) is 4.57 Å². The third-order valence-corrected chi connectivity index (χ3v) is 4.30. The van der Waals surface area contributed by atoms with Crippen LogP contribution in [0.5, 0.6) is 0 Å². The van der Waals surface area contributed by atoms with E-state index in [2.05, 4.69) is 19.6 Å². The predicted octanol–water partition coefficient (Wildman–Crippen LogP) is 1.37. The van der Waals surface area contributed by atoms with Crippen molar-refractivity contribution in [3.05, 3.63) is 0 Å². The minimum atomic E-state index is -1.73. The highest BCUT2D eigenvalue weighted by atomic mass is 28.3. The molecule has 1 heterocycles. The number of rotatable bonds is 3. The van der Waals surface area contributed by atoms with Gasteiger partial charge in [-0.05, 0) is 13.8 Å². The SMILES string of the molecule is CC(C)OC(=O)[C@@H]1CC(=O)N1[Si](C)(C)C. The van der Waals surface area contributed by atoms with Gasteiger partial charge in [0.05, 0.1) is 12.5 Å². The van der Waals surface area contributed by atoms with Crippen LogP contribution in [0.4, 0.5) is 0 Å². The Labute approximate surface area is 91.7 Å². The van der Waals surface area contributed by atoms with Gasteiger partial charge in [-0.3, -0.25) is 4.79 Å². The van der Waals surface area contributed by atoms with Gasteiger partial charge in [0.15, 0.2) is 8.24 Å². The van der Waals surface area contributed by atoms with E-state index in [0.717, 1.165) is 0 Å². The number of carbonyl (C=O) groups is 2. The molecule has 0 N–H and O–H groups in total. The van der Waals surface area contributed by atoms with Crippen LogP contribution in [0, 0.1) is 0 Å². The summed E-state index contributed by atoms with van der Waals surface area (Å²) in [6.45, 7) is 9.80. The van der Waals surface area contributed by atoms with Gasteiger partial charge in [-0.15, -0.1) is 0 Å². The lowest BCUT2D eigenvalue weighted by Gasteiger charge is -2.46. The van der Waals surface area contributed by atoms with Crippen LogP contribution < -0.4 is 0 Å². The largest absolute Gasteiger partial charge is 0.461 e. The molecule has 0 unspecified atom stereocenters. The van der Waals surface area contributed by atoms with E-state index in [0.29, 0.717) is 6.42 Å². The molecule has 0 aromatic carbocycles. The molecule has 86 valence electrons. The van der Waals surface area contributed by atoms with E-state index >= 15 is 0 Å². The zero-order valence-electron chi connectivity index (χ0n) is 10.0. The molecule has 1 atom stereocenters. The van der Waals surface area contributed by atoms with E-state index < -0.39 is 8.24 Å². The van der Waals surface area contributed by atoms with Crippen LogP contribution in [-0.2, 0) is 14.3 Å². The fourth-order valence-corrected chi connectivity index (χ4v) is 3.73. The summed E-state index contributed by atoms with van der Waals surface area (Å²) in [4.78, 5) is 23.1. The first-order valence-electron chi connectivity index (χ1n) is 5.26. The number of carbonyl (C=O) groups excluding carboxylic acids is 2. The molecular formula is C10H19NO3Si. The van der Waals surface area contributed by atoms with E-state index in [4.69, 9.17) is 4.74 Å². The topological polar surface area (TPSA) is 46.6 Å². The standard InChI is InChI=1S/C10H19NO3Si/c1-7(2)14-10(13)8-6-9(12)11(8)15(3,4)5/h7-8H,6H2,1-5H3/t8-/m0/s1. The van der Waals surface area contributed by atoms with Crippen molar-refractivity contribution >= 4 is 20.1 Å². The van der Waals surface area contributed by atoms with Gasteiger partial charge in [0, 0.05) is 0 Å². The van der Waals surface area contributed by atoms with Gasteiger partial charge in [0.2, 0.25) is 5.91 Å². The Morgan fingerprint density at radius 1 is 1.47 bits per heavy atom. The minimum absolute atomic E-state index is 0.0832. The maximum Gasteiger partial charge on any atom is 0.328 e. The lowest BCUT2D eigenvalue weighted by atomic mass is 10.1. The number of nitrogens with zero attached hydrogens (tertiary/aromatic N) is 1. The van der Waals surface area contributed by atoms with Crippen LogP contribution in [0.15, 0.2) is 0 Å². The molecule has 15 heavy (non-hydrogen) atoms. The monoisotopic (exact) mass is 229 g/mol. The van der Waals surface area contributed by atoms with Crippen molar-refractivity contribution in [3.8, 4) is 0 Å². The first-order valence-corrected chi connectivity index (χ1v) is 8.71. The van der Waals surface area contributed by atoms with Crippen molar-refractivity contribution in [2.24, 2.45) is 0 Å². The second-order valence-electron chi connectivity index (χ2n) is 5.14. The van der Waals surface area contributed by atoms with Crippen molar-refractivity contribution in [3.63, 3.8) is 0 Å². The van der Waals surface area contributed by atoms with Gasteiger partial charge in [-0.2, -0.15) is 0 Å². The van der Waals surface area contributed by atoms with Gasteiger partial charge in [0.1, 0.15) is 6.04 Å². The van der Waals surface area contributed by atoms with E-state index in [1.165, 1.54) is 0 Å². The number of ether oxygens (including phenoxy) is 1. The number of β-lactam (4-membered cyclic amide) rings is 1. The minimum Gasteiger partial charge on any atom is -0.461 e. The zero-order chi connectivity index (χ0) is 11.8. The molecule has 0 saturated carbocycles. The van der Waals surface area contributed by atoms with Crippen LogP contribution >= 0.6 is 0 Å².